The maximum atomic E-state index is 11.4. The second-order valence-electron chi connectivity index (χ2n) is 5.13. The van der Waals surface area contributed by atoms with Crippen LogP contribution in [0.3, 0.4) is 0 Å². The average molecular weight is 292 g/mol. The number of carbonyl (C=O) groups is 1. The molecule has 7 nitrogen and oxygen atoms in total. The Morgan fingerprint density at radius 3 is 2.67 bits per heavy atom. The van der Waals surface area contributed by atoms with Gasteiger partial charge < -0.3 is 16.0 Å². The van der Waals surface area contributed by atoms with Crippen molar-refractivity contribution in [2.45, 2.75) is 26.2 Å². The van der Waals surface area contributed by atoms with E-state index in [9.17, 15) is 14.9 Å². The third-order valence-corrected chi connectivity index (χ3v) is 3.46. The van der Waals surface area contributed by atoms with E-state index in [0.29, 0.717) is 5.69 Å². The summed E-state index contributed by atoms with van der Waals surface area (Å²) in [4.78, 5) is 24.0. The summed E-state index contributed by atoms with van der Waals surface area (Å²) in [7, 11) is 0. The molecule has 0 saturated carbocycles. The van der Waals surface area contributed by atoms with Crippen LogP contribution in [0, 0.1) is 10.1 Å². The third kappa shape index (κ3) is 3.62. The first kappa shape index (κ1) is 15.1. The Morgan fingerprint density at radius 2 is 2.14 bits per heavy atom. The van der Waals surface area contributed by atoms with E-state index in [1.165, 1.54) is 12.1 Å². The van der Waals surface area contributed by atoms with Gasteiger partial charge in [-0.2, -0.15) is 0 Å². The number of primary amides is 1. The van der Waals surface area contributed by atoms with Gasteiger partial charge in [0.25, 0.3) is 11.6 Å². The minimum absolute atomic E-state index is 0.0407. The normalized spacial score (nSPS) is 13.1. The van der Waals surface area contributed by atoms with Crippen LogP contribution in [0.2, 0.25) is 0 Å². The molecule has 0 spiro atoms. The monoisotopic (exact) mass is 292 g/mol. The maximum Gasteiger partial charge on any atom is 0.284 e. The lowest BCUT2D eigenvalue weighted by molar-refractivity contribution is -0.385. The van der Waals surface area contributed by atoms with Gasteiger partial charge in [0.05, 0.1) is 16.3 Å². The highest BCUT2D eigenvalue weighted by molar-refractivity contribution is 6.00. The molecule has 114 valence electrons. The van der Waals surface area contributed by atoms with E-state index < -0.39 is 10.8 Å². The van der Waals surface area contributed by atoms with Crippen molar-refractivity contribution in [2.24, 2.45) is 5.73 Å². The Bertz CT molecular complexity index is 555. The van der Waals surface area contributed by atoms with Crippen LogP contribution >= 0.6 is 0 Å². The number of nitro groups is 1. The van der Waals surface area contributed by atoms with Gasteiger partial charge in [-0.3, -0.25) is 14.9 Å². The third-order valence-electron chi connectivity index (χ3n) is 3.46. The van der Waals surface area contributed by atoms with Gasteiger partial charge in [-0.15, -0.1) is 0 Å². The molecule has 0 radical (unpaired) electrons. The predicted molar refractivity (Wildman–Crippen MR) is 81.8 cm³/mol. The molecule has 21 heavy (non-hydrogen) atoms. The lowest BCUT2D eigenvalue weighted by Crippen LogP contribution is -2.15. The zero-order valence-electron chi connectivity index (χ0n) is 12.1. The van der Waals surface area contributed by atoms with E-state index in [4.69, 9.17) is 5.73 Å². The van der Waals surface area contributed by atoms with E-state index in [-0.39, 0.29) is 11.3 Å². The van der Waals surface area contributed by atoms with Gasteiger partial charge in [-0.25, -0.2) is 0 Å². The van der Waals surface area contributed by atoms with E-state index in [0.717, 1.165) is 44.6 Å². The van der Waals surface area contributed by atoms with Crippen LogP contribution < -0.4 is 16.0 Å². The number of benzene rings is 1. The quantitative estimate of drug-likeness (QED) is 0.331. The number of nitrogens with zero attached hydrogens (tertiary/aromatic N) is 2. The molecular weight excluding hydrogens is 272 g/mol. The lowest BCUT2D eigenvalue weighted by atomic mass is 10.1. The minimum atomic E-state index is -0.776. The minimum Gasteiger partial charge on any atom is -0.383 e. The standard InChI is InChI=1S/C14H20N4O3/c1-2-3-4-5-16-11-9-12(18(20)21)10(14(15)19)8-13(11)17-6-7-17/h8-9,16H,2-7H2,1H3,(H2,15,19). The highest BCUT2D eigenvalue weighted by Crippen LogP contribution is 2.36. The van der Waals surface area contributed by atoms with Crippen molar-refractivity contribution in [1.82, 2.24) is 0 Å². The van der Waals surface area contributed by atoms with Crippen LogP contribution in [0.1, 0.15) is 36.5 Å². The number of hydrogen-bond acceptors (Lipinski definition) is 5. The number of amides is 1. The summed E-state index contributed by atoms with van der Waals surface area (Å²) in [6.07, 6.45) is 3.22. The van der Waals surface area contributed by atoms with Crippen LogP contribution in [0.25, 0.3) is 0 Å². The van der Waals surface area contributed by atoms with Gasteiger partial charge in [-0.1, -0.05) is 19.8 Å². The zero-order chi connectivity index (χ0) is 15.4. The Kier molecular flexibility index (Phi) is 4.62. The highest BCUT2D eigenvalue weighted by Gasteiger charge is 2.27. The topological polar surface area (TPSA) is 101 Å². The molecule has 7 heteroatoms. The molecule has 2 rings (SSSR count). The number of nitro benzene ring substituents is 1. The van der Waals surface area contributed by atoms with Crippen molar-refractivity contribution >= 4 is 23.0 Å². The van der Waals surface area contributed by atoms with Crippen LogP contribution in [0.4, 0.5) is 17.1 Å². The summed E-state index contributed by atoms with van der Waals surface area (Å²) in [6.45, 7) is 4.65. The first-order chi connectivity index (χ1) is 10.0. The molecule has 1 amide bonds. The fourth-order valence-corrected chi connectivity index (χ4v) is 2.22. The molecule has 1 aromatic rings. The van der Waals surface area contributed by atoms with E-state index in [1.54, 1.807) is 0 Å². The van der Waals surface area contributed by atoms with Crippen molar-refractivity contribution in [3.05, 3.63) is 27.8 Å². The van der Waals surface area contributed by atoms with Gasteiger partial charge in [0, 0.05) is 25.7 Å². The highest BCUT2D eigenvalue weighted by atomic mass is 16.6. The second-order valence-corrected chi connectivity index (χ2v) is 5.13. The number of rotatable bonds is 8. The largest absolute Gasteiger partial charge is 0.383 e. The molecule has 3 N–H and O–H groups in total. The fourth-order valence-electron chi connectivity index (χ4n) is 2.22. The number of nitrogens with two attached hydrogens (primary N) is 1. The van der Waals surface area contributed by atoms with Gasteiger partial charge in [0.2, 0.25) is 0 Å². The Balaban J connectivity index is 2.30. The number of hydrogen-bond donors (Lipinski definition) is 2. The summed E-state index contributed by atoms with van der Waals surface area (Å²) in [6, 6.07) is 2.94. The van der Waals surface area contributed by atoms with Crippen molar-refractivity contribution in [3.8, 4) is 0 Å². The van der Waals surface area contributed by atoms with Crippen LogP contribution in [0.15, 0.2) is 12.1 Å². The molecule has 1 aliphatic rings. The van der Waals surface area contributed by atoms with Gasteiger partial charge >= 0.3 is 0 Å². The van der Waals surface area contributed by atoms with Crippen molar-refractivity contribution in [1.29, 1.82) is 0 Å². The van der Waals surface area contributed by atoms with Crippen molar-refractivity contribution < 1.29 is 9.72 Å². The van der Waals surface area contributed by atoms with Gasteiger partial charge in [0.1, 0.15) is 5.56 Å². The number of carbonyl (C=O) groups excluding carboxylic acids is 1. The fraction of sp³-hybridized carbons (Fsp3) is 0.500. The zero-order valence-corrected chi connectivity index (χ0v) is 12.1. The summed E-state index contributed by atoms with van der Waals surface area (Å²) >= 11 is 0. The van der Waals surface area contributed by atoms with Crippen LogP contribution in [0.5, 0.6) is 0 Å². The van der Waals surface area contributed by atoms with Crippen LogP contribution in [-0.2, 0) is 0 Å². The molecule has 0 bridgehead atoms. The van der Waals surface area contributed by atoms with Gasteiger partial charge in [-0.05, 0) is 12.5 Å². The Labute approximate surface area is 123 Å². The molecule has 1 saturated heterocycles. The molecule has 1 fully saturated rings. The summed E-state index contributed by atoms with van der Waals surface area (Å²) in [5.41, 5.74) is 6.47. The average Bonchev–Trinajstić information content (AvgIpc) is 3.27. The molecule has 1 aliphatic heterocycles. The van der Waals surface area contributed by atoms with E-state index >= 15 is 0 Å². The number of nitrogens with one attached hydrogen (secondary N) is 1. The second kappa shape index (κ2) is 6.43. The van der Waals surface area contributed by atoms with E-state index in [1.807, 2.05) is 4.90 Å². The maximum absolute atomic E-state index is 11.4. The first-order valence-electron chi connectivity index (χ1n) is 7.15. The smallest absolute Gasteiger partial charge is 0.284 e. The Hall–Kier alpha value is -2.31. The number of unbranched alkanes of at least 4 members (excludes halogenated alkanes) is 2. The Morgan fingerprint density at radius 1 is 1.43 bits per heavy atom. The van der Waals surface area contributed by atoms with Crippen LogP contribution in [-0.4, -0.2) is 30.5 Å². The predicted octanol–water partition coefficient (Wildman–Crippen LogP) is 2.12. The first-order valence-corrected chi connectivity index (χ1v) is 7.15. The SMILES string of the molecule is CCCCCNc1cc([N+](=O)[O-])c(C(N)=O)cc1N1CC1. The van der Waals surface area contributed by atoms with E-state index in [2.05, 4.69) is 12.2 Å². The van der Waals surface area contributed by atoms with Gasteiger partial charge in [0.15, 0.2) is 0 Å². The lowest BCUT2D eigenvalue weighted by Gasteiger charge is -2.14. The van der Waals surface area contributed by atoms with Crippen molar-refractivity contribution in [2.75, 3.05) is 29.9 Å². The summed E-state index contributed by atoms with van der Waals surface area (Å²) < 4.78 is 0. The molecular formula is C14H20N4O3. The summed E-state index contributed by atoms with van der Waals surface area (Å²) in [5.74, 6) is -0.776. The van der Waals surface area contributed by atoms with Crippen molar-refractivity contribution in [3.63, 3.8) is 0 Å². The molecule has 0 aromatic heterocycles. The molecule has 1 heterocycles. The molecule has 0 aliphatic carbocycles. The molecule has 0 atom stereocenters. The summed E-state index contributed by atoms with van der Waals surface area (Å²) in [5, 5.41) is 14.3. The molecule has 0 unspecified atom stereocenters. The number of anilines is 2. The molecule has 1 aromatic carbocycles.